The summed E-state index contributed by atoms with van der Waals surface area (Å²) in [5.74, 6) is 0.718. The first kappa shape index (κ1) is 21.4. The third-order valence-corrected chi connectivity index (χ3v) is 7.34. The summed E-state index contributed by atoms with van der Waals surface area (Å²) in [5.41, 5.74) is -1.23. The van der Waals surface area contributed by atoms with Gasteiger partial charge in [0.1, 0.15) is 0 Å². The summed E-state index contributed by atoms with van der Waals surface area (Å²) in [7, 11) is -4.27. The maximum atomic E-state index is 12.9. The molecule has 10 heteroatoms. The zero-order valence-electron chi connectivity index (χ0n) is 15.1. The van der Waals surface area contributed by atoms with Crippen LogP contribution >= 0.6 is 11.6 Å². The molecule has 5 nitrogen and oxygen atoms in total. The SMILES string of the molecule is O=C(CNS(=O)(=O)c1ccc(Cl)c(C(F)(F)F)c1)N1CCC2CCCCC2C1. The maximum absolute atomic E-state index is 12.9. The van der Waals surface area contributed by atoms with Crippen molar-refractivity contribution in [2.24, 2.45) is 11.8 Å². The second-order valence-corrected chi connectivity index (χ2v) is 9.57. The van der Waals surface area contributed by atoms with Crippen LogP contribution in [0.25, 0.3) is 0 Å². The summed E-state index contributed by atoms with van der Waals surface area (Å²) >= 11 is 5.52. The first-order chi connectivity index (χ1) is 13.1. The maximum Gasteiger partial charge on any atom is 0.417 e. The minimum Gasteiger partial charge on any atom is -0.341 e. The number of nitrogens with zero attached hydrogens (tertiary/aromatic N) is 1. The van der Waals surface area contributed by atoms with Crippen LogP contribution in [0.2, 0.25) is 5.02 Å². The van der Waals surface area contributed by atoms with Gasteiger partial charge in [-0.05, 0) is 42.9 Å². The fraction of sp³-hybridized carbons (Fsp3) is 0.611. The van der Waals surface area contributed by atoms with Gasteiger partial charge in [-0.25, -0.2) is 13.1 Å². The van der Waals surface area contributed by atoms with Crippen molar-refractivity contribution >= 4 is 27.5 Å². The Labute approximate surface area is 167 Å². The zero-order chi connectivity index (χ0) is 20.5. The molecular formula is C18H22ClF3N2O3S. The number of piperidine rings is 1. The van der Waals surface area contributed by atoms with Gasteiger partial charge in [0.2, 0.25) is 15.9 Å². The number of alkyl halides is 3. The van der Waals surface area contributed by atoms with Crippen molar-refractivity contribution < 1.29 is 26.4 Å². The number of hydrogen-bond donors (Lipinski definition) is 1. The normalized spacial score (nSPS) is 23.4. The molecule has 1 N–H and O–H groups in total. The Hall–Kier alpha value is -1.32. The van der Waals surface area contributed by atoms with E-state index in [1.54, 1.807) is 4.90 Å². The highest BCUT2D eigenvalue weighted by atomic mass is 35.5. The third-order valence-electron chi connectivity index (χ3n) is 5.61. The highest BCUT2D eigenvalue weighted by Gasteiger charge is 2.35. The standard InChI is InChI=1S/C18H22ClF3N2O3S/c19-16-6-5-14(9-15(16)18(20,21)22)28(26,27)23-10-17(25)24-8-7-12-3-1-2-4-13(12)11-24/h5-6,9,12-13,23H,1-4,7-8,10-11H2. The van der Waals surface area contributed by atoms with E-state index in [1.165, 1.54) is 12.8 Å². The minimum atomic E-state index is -4.78. The number of halogens is 4. The van der Waals surface area contributed by atoms with E-state index < -0.39 is 38.2 Å². The Balaban J connectivity index is 1.64. The lowest BCUT2D eigenvalue weighted by Gasteiger charge is -2.41. The first-order valence-corrected chi connectivity index (χ1v) is 11.1. The van der Waals surface area contributed by atoms with Gasteiger partial charge < -0.3 is 4.90 Å². The number of fused-ring (bicyclic) bond motifs is 1. The van der Waals surface area contributed by atoms with E-state index in [1.807, 2.05) is 0 Å². The van der Waals surface area contributed by atoms with Gasteiger partial charge in [0, 0.05) is 13.1 Å². The number of rotatable bonds is 4. The van der Waals surface area contributed by atoms with E-state index in [0.717, 1.165) is 31.4 Å². The lowest BCUT2D eigenvalue weighted by Crippen LogP contribution is -2.48. The summed E-state index contributed by atoms with van der Waals surface area (Å²) in [5, 5.41) is -0.585. The van der Waals surface area contributed by atoms with Crippen molar-refractivity contribution in [2.45, 2.75) is 43.2 Å². The average molecular weight is 439 g/mol. The van der Waals surface area contributed by atoms with Crippen LogP contribution in [-0.4, -0.2) is 38.9 Å². The molecule has 3 rings (SSSR count). The summed E-state index contributed by atoms with van der Waals surface area (Å²) in [6, 6.07) is 2.34. The van der Waals surface area contributed by atoms with Crippen molar-refractivity contribution in [3.63, 3.8) is 0 Å². The average Bonchev–Trinajstić information content (AvgIpc) is 2.65. The second kappa shape index (κ2) is 8.20. The molecule has 2 atom stereocenters. The number of sulfonamides is 1. The smallest absolute Gasteiger partial charge is 0.341 e. The number of amides is 1. The highest BCUT2D eigenvalue weighted by molar-refractivity contribution is 7.89. The van der Waals surface area contributed by atoms with Crippen LogP contribution in [0.15, 0.2) is 23.1 Å². The molecule has 0 spiro atoms. The molecule has 1 aliphatic carbocycles. The van der Waals surface area contributed by atoms with Gasteiger partial charge in [-0.2, -0.15) is 13.2 Å². The molecular weight excluding hydrogens is 417 g/mol. The van der Waals surface area contributed by atoms with Gasteiger partial charge >= 0.3 is 6.18 Å². The number of benzene rings is 1. The van der Waals surface area contributed by atoms with E-state index in [4.69, 9.17) is 11.6 Å². The number of carbonyl (C=O) groups excluding carboxylic acids is 1. The second-order valence-electron chi connectivity index (χ2n) is 7.40. The number of carbonyl (C=O) groups is 1. The van der Waals surface area contributed by atoms with Crippen LogP contribution < -0.4 is 4.72 Å². The van der Waals surface area contributed by atoms with Gasteiger partial charge in [0.25, 0.3) is 0 Å². The molecule has 0 bridgehead atoms. The summed E-state index contributed by atoms with van der Waals surface area (Å²) in [4.78, 5) is 13.5. The fourth-order valence-corrected chi connectivity index (χ4v) is 5.29. The van der Waals surface area contributed by atoms with Crippen molar-refractivity contribution in [1.82, 2.24) is 9.62 Å². The van der Waals surface area contributed by atoms with Gasteiger partial charge in [0.15, 0.2) is 0 Å². The van der Waals surface area contributed by atoms with E-state index >= 15 is 0 Å². The molecule has 1 saturated carbocycles. The molecule has 0 radical (unpaired) electrons. The van der Waals surface area contributed by atoms with Crippen molar-refractivity contribution in [2.75, 3.05) is 19.6 Å². The van der Waals surface area contributed by atoms with Crippen LogP contribution in [0.5, 0.6) is 0 Å². The zero-order valence-corrected chi connectivity index (χ0v) is 16.7. The fourth-order valence-electron chi connectivity index (χ4n) is 4.07. The third kappa shape index (κ3) is 4.80. The molecule has 2 aliphatic rings. The largest absolute Gasteiger partial charge is 0.417 e. The number of likely N-dealkylation sites (tertiary alicyclic amines) is 1. The van der Waals surface area contributed by atoms with Crippen LogP contribution in [-0.2, 0) is 21.0 Å². The van der Waals surface area contributed by atoms with E-state index in [-0.39, 0.29) is 5.91 Å². The van der Waals surface area contributed by atoms with Crippen molar-refractivity contribution in [3.05, 3.63) is 28.8 Å². The first-order valence-electron chi connectivity index (χ1n) is 9.22. The molecule has 1 aromatic rings. The molecule has 2 unspecified atom stereocenters. The number of nitrogens with one attached hydrogen (secondary N) is 1. The molecule has 1 heterocycles. The summed E-state index contributed by atoms with van der Waals surface area (Å²) in [6.45, 7) is 0.717. The molecule has 156 valence electrons. The molecule has 1 amide bonds. The van der Waals surface area contributed by atoms with Crippen LogP contribution in [0.4, 0.5) is 13.2 Å². The lowest BCUT2D eigenvalue weighted by molar-refractivity contribution is -0.137. The topological polar surface area (TPSA) is 66.5 Å². The van der Waals surface area contributed by atoms with Gasteiger partial charge in [-0.15, -0.1) is 0 Å². The van der Waals surface area contributed by atoms with Crippen molar-refractivity contribution in [1.29, 1.82) is 0 Å². The molecule has 1 aliphatic heterocycles. The monoisotopic (exact) mass is 438 g/mol. The van der Waals surface area contributed by atoms with Gasteiger partial charge in [0.05, 0.1) is 22.0 Å². The summed E-state index contributed by atoms with van der Waals surface area (Å²) in [6.07, 6.45) is 0.754. The Morgan fingerprint density at radius 3 is 2.54 bits per heavy atom. The van der Waals surface area contributed by atoms with Crippen LogP contribution in [0.1, 0.15) is 37.7 Å². The molecule has 0 aromatic heterocycles. The Bertz CT molecular complexity index is 845. The van der Waals surface area contributed by atoms with Crippen molar-refractivity contribution in [3.8, 4) is 0 Å². The number of hydrogen-bond acceptors (Lipinski definition) is 3. The molecule has 1 aromatic carbocycles. The minimum absolute atomic E-state index is 0.363. The lowest BCUT2D eigenvalue weighted by atomic mass is 9.75. The Morgan fingerprint density at radius 1 is 1.18 bits per heavy atom. The molecule has 28 heavy (non-hydrogen) atoms. The molecule has 2 fully saturated rings. The Morgan fingerprint density at radius 2 is 1.86 bits per heavy atom. The Kier molecular flexibility index (Phi) is 6.26. The van der Waals surface area contributed by atoms with Gasteiger partial charge in [-0.1, -0.05) is 30.9 Å². The van der Waals surface area contributed by atoms with E-state index in [0.29, 0.717) is 31.0 Å². The molecule has 1 saturated heterocycles. The van der Waals surface area contributed by atoms with E-state index in [2.05, 4.69) is 4.72 Å². The van der Waals surface area contributed by atoms with Crippen LogP contribution in [0.3, 0.4) is 0 Å². The van der Waals surface area contributed by atoms with Gasteiger partial charge in [-0.3, -0.25) is 4.79 Å². The summed E-state index contributed by atoms with van der Waals surface area (Å²) < 4.78 is 65.7. The van der Waals surface area contributed by atoms with E-state index in [9.17, 15) is 26.4 Å². The predicted molar refractivity (Wildman–Crippen MR) is 98.3 cm³/mol. The quantitative estimate of drug-likeness (QED) is 0.779. The van der Waals surface area contributed by atoms with Crippen LogP contribution in [0, 0.1) is 11.8 Å². The highest BCUT2D eigenvalue weighted by Crippen LogP contribution is 2.37. The predicted octanol–water partition coefficient (Wildman–Crippen LogP) is 3.68.